The van der Waals surface area contributed by atoms with Crippen molar-refractivity contribution in [3.63, 3.8) is 0 Å². The first-order valence-electron chi connectivity index (χ1n) is 5.72. The fourth-order valence-electron chi connectivity index (χ4n) is 2.07. The normalized spacial score (nSPS) is 23.5. The highest BCUT2D eigenvalue weighted by Crippen LogP contribution is 2.11. The summed E-state index contributed by atoms with van der Waals surface area (Å²) in [6.45, 7) is 8.94. The van der Waals surface area contributed by atoms with E-state index in [0.717, 1.165) is 26.2 Å². The average molecular weight is 208 g/mol. The molecule has 1 aromatic rings. The van der Waals surface area contributed by atoms with Crippen LogP contribution in [-0.2, 0) is 6.54 Å². The fourth-order valence-corrected chi connectivity index (χ4v) is 2.07. The van der Waals surface area contributed by atoms with E-state index in [1.165, 1.54) is 5.56 Å². The maximum Gasteiger partial charge on any atom is 0.0947 e. The molecule has 84 valence electrons. The highest BCUT2D eigenvalue weighted by Gasteiger charge is 2.21. The largest absolute Gasteiger partial charge is 0.472 e. The molecule has 1 fully saturated rings. The van der Waals surface area contributed by atoms with E-state index < -0.39 is 0 Å². The Kier molecular flexibility index (Phi) is 3.44. The third-order valence-electron chi connectivity index (χ3n) is 3.08. The van der Waals surface area contributed by atoms with Crippen molar-refractivity contribution < 1.29 is 4.42 Å². The van der Waals surface area contributed by atoms with Gasteiger partial charge in [-0.1, -0.05) is 13.8 Å². The Labute approximate surface area is 91.4 Å². The van der Waals surface area contributed by atoms with Crippen molar-refractivity contribution in [2.45, 2.75) is 26.4 Å². The quantitative estimate of drug-likeness (QED) is 0.819. The second-order valence-corrected chi connectivity index (χ2v) is 4.67. The number of nitrogens with one attached hydrogen (secondary N) is 1. The smallest absolute Gasteiger partial charge is 0.0947 e. The van der Waals surface area contributed by atoms with Gasteiger partial charge in [-0.3, -0.25) is 4.90 Å². The molecule has 0 radical (unpaired) electrons. The van der Waals surface area contributed by atoms with Crippen LogP contribution >= 0.6 is 0 Å². The summed E-state index contributed by atoms with van der Waals surface area (Å²) in [6.07, 6.45) is 3.59. The second-order valence-electron chi connectivity index (χ2n) is 4.67. The molecular weight excluding hydrogens is 188 g/mol. The van der Waals surface area contributed by atoms with Gasteiger partial charge in [0.1, 0.15) is 0 Å². The standard InChI is InChI=1S/C12H20N2O/c1-10(2)12-8-14(5-4-13-12)7-11-3-6-15-9-11/h3,6,9-10,12-13H,4-5,7-8H2,1-2H3. The average Bonchev–Trinajstić information content (AvgIpc) is 2.71. The lowest BCUT2D eigenvalue weighted by atomic mass is 10.0. The number of piperazine rings is 1. The maximum absolute atomic E-state index is 5.09. The number of rotatable bonds is 3. The summed E-state index contributed by atoms with van der Waals surface area (Å²) < 4.78 is 5.09. The van der Waals surface area contributed by atoms with Crippen molar-refractivity contribution in [3.8, 4) is 0 Å². The van der Waals surface area contributed by atoms with Crippen LogP contribution in [0.1, 0.15) is 19.4 Å². The third-order valence-corrected chi connectivity index (χ3v) is 3.08. The Hall–Kier alpha value is -0.800. The molecule has 3 nitrogen and oxygen atoms in total. The molecule has 0 amide bonds. The van der Waals surface area contributed by atoms with Gasteiger partial charge in [-0.05, 0) is 12.0 Å². The van der Waals surface area contributed by atoms with Crippen LogP contribution in [0.3, 0.4) is 0 Å². The van der Waals surface area contributed by atoms with Crippen LogP contribution in [0, 0.1) is 5.92 Å². The summed E-state index contributed by atoms with van der Waals surface area (Å²) in [5.41, 5.74) is 1.28. The van der Waals surface area contributed by atoms with Crippen LogP contribution in [-0.4, -0.2) is 30.6 Å². The lowest BCUT2D eigenvalue weighted by Gasteiger charge is -2.35. The van der Waals surface area contributed by atoms with Crippen molar-refractivity contribution in [2.75, 3.05) is 19.6 Å². The summed E-state index contributed by atoms with van der Waals surface area (Å²) in [6, 6.07) is 2.68. The van der Waals surface area contributed by atoms with Crippen molar-refractivity contribution in [3.05, 3.63) is 24.2 Å². The van der Waals surface area contributed by atoms with E-state index in [1.54, 1.807) is 6.26 Å². The minimum absolute atomic E-state index is 0.630. The molecule has 2 rings (SSSR count). The Morgan fingerprint density at radius 2 is 2.47 bits per heavy atom. The zero-order valence-corrected chi connectivity index (χ0v) is 9.57. The summed E-state index contributed by atoms with van der Waals surface area (Å²) in [5, 5.41) is 3.56. The molecular formula is C12H20N2O. The van der Waals surface area contributed by atoms with Crippen molar-refractivity contribution >= 4 is 0 Å². The Morgan fingerprint density at radius 3 is 3.13 bits per heavy atom. The van der Waals surface area contributed by atoms with E-state index in [1.807, 2.05) is 12.3 Å². The molecule has 0 bridgehead atoms. The monoisotopic (exact) mass is 208 g/mol. The summed E-state index contributed by atoms with van der Waals surface area (Å²) in [5.74, 6) is 0.706. The van der Waals surface area contributed by atoms with Gasteiger partial charge >= 0.3 is 0 Å². The summed E-state index contributed by atoms with van der Waals surface area (Å²) >= 11 is 0. The summed E-state index contributed by atoms with van der Waals surface area (Å²) in [4.78, 5) is 2.49. The molecule has 1 aromatic heterocycles. The van der Waals surface area contributed by atoms with E-state index in [0.29, 0.717) is 12.0 Å². The minimum Gasteiger partial charge on any atom is -0.472 e. The highest BCUT2D eigenvalue weighted by molar-refractivity contribution is 5.05. The summed E-state index contributed by atoms with van der Waals surface area (Å²) in [7, 11) is 0. The lowest BCUT2D eigenvalue weighted by molar-refractivity contribution is 0.168. The minimum atomic E-state index is 0.630. The van der Waals surface area contributed by atoms with Crippen molar-refractivity contribution in [2.24, 2.45) is 5.92 Å². The van der Waals surface area contributed by atoms with Crippen LogP contribution in [0.2, 0.25) is 0 Å². The van der Waals surface area contributed by atoms with Gasteiger partial charge in [0.2, 0.25) is 0 Å². The first kappa shape index (κ1) is 10.7. The first-order chi connectivity index (χ1) is 7.25. The van der Waals surface area contributed by atoms with Gasteiger partial charge in [-0.25, -0.2) is 0 Å². The van der Waals surface area contributed by atoms with Gasteiger partial charge < -0.3 is 9.73 Å². The highest BCUT2D eigenvalue weighted by atomic mass is 16.3. The molecule has 1 unspecified atom stereocenters. The van der Waals surface area contributed by atoms with Gasteiger partial charge in [0, 0.05) is 37.8 Å². The second kappa shape index (κ2) is 4.81. The molecule has 1 atom stereocenters. The molecule has 2 heterocycles. The van der Waals surface area contributed by atoms with Gasteiger partial charge in [0.15, 0.2) is 0 Å². The van der Waals surface area contributed by atoms with Crippen LogP contribution in [0.25, 0.3) is 0 Å². The van der Waals surface area contributed by atoms with Crippen molar-refractivity contribution in [1.29, 1.82) is 0 Å². The molecule has 15 heavy (non-hydrogen) atoms. The molecule has 0 aromatic carbocycles. The van der Waals surface area contributed by atoms with E-state index in [2.05, 4.69) is 24.1 Å². The molecule has 1 saturated heterocycles. The van der Waals surface area contributed by atoms with E-state index >= 15 is 0 Å². The van der Waals surface area contributed by atoms with Crippen molar-refractivity contribution in [1.82, 2.24) is 10.2 Å². The van der Waals surface area contributed by atoms with Crippen LogP contribution in [0.15, 0.2) is 23.0 Å². The Bertz CT molecular complexity index is 282. The van der Waals surface area contributed by atoms with E-state index in [4.69, 9.17) is 4.42 Å². The predicted molar refractivity (Wildman–Crippen MR) is 60.6 cm³/mol. The van der Waals surface area contributed by atoms with Gasteiger partial charge in [0.25, 0.3) is 0 Å². The van der Waals surface area contributed by atoms with Gasteiger partial charge in [-0.15, -0.1) is 0 Å². The molecule has 0 spiro atoms. The predicted octanol–water partition coefficient (Wildman–Crippen LogP) is 1.71. The van der Waals surface area contributed by atoms with E-state index in [9.17, 15) is 0 Å². The van der Waals surface area contributed by atoms with Gasteiger partial charge in [-0.2, -0.15) is 0 Å². The Balaban J connectivity index is 1.88. The lowest BCUT2D eigenvalue weighted by Crippen LogP contribution is -2.52. The third kappa shape index (κ3) is 2.83. The SMILES string of the molecule is CC(C)C1CN(Cc2ccoc2)CCN1. The van der Waals surface area contributed by atoms with Crippen LogP contribution in [0.5, 0.6) is 0 Å². The van der Waals surface area contributed by atoms with Gasteiger partial charge in [0.05, 0.1) is 12.5 Å². The zero-order chi connectivity index (χ0) is 10.7. The topological polar surface area (TPSA) is 28.4 Å². The molecule has 0 saturated carbocycles. The van der Waals surface area contributed by atoms with E-state index in [-0.39, 0.29) is 0 Å². The Morgan fingerprint density at radius 1 is 1.60 bits per heavy atom. The molecule has 1 aliphatic heterocycles. The zero-order valence-electron chi connectivity index (χ0n) is 9.57. The first-order valence-corrected chi connectivity index (χ1v) is 5.72. The molecule has 1 N–H and O–H groups in total. The fraction of sp³-hybridized carbons (Fsp3) is 0.667. The number of hydrogen-bond acceptors (Lipinski definition) is 3. The molecule has 1 aliphatic rings. The number of nitrogens with zero attached hydrogens (tertiary/aromatic N) is 1. The van der Waals surface area contributed by atoms with Crippen LogP contribution < -0.4 is 5.32 Å². The molecule has 3 heteroatoms. The molecule has 0 aliphatic carbocycles. The van der Waals surface area contributed by atoms with Crippen LogP contribution in [0.4, 0.5) is 0 Å². The maximum atomic E-state index is 5.09. The number of hydrogen-bond donors (Lipinski definition) is 1. The number of furan rings is 1.